The first-order chi connectivity index (χ1) is 11.3. The molecule has 0 aliphatic heterocycles. The molecule has 0 aliphatic rings. The van der Waals surface area contributed by atoms with Gasteiger partial charge in [0.1, 0.15) is 5.60 Å². The molecule has 0 fully saturated rings. The highest BCUT2D eigenvalue weighted by molar-refractivity contribution is 7.09. The summed E-state index contributed by atoms with van der Waals surface area (Å²) in [6.45, 7) is 8.85. The Bertz CT molecular complexity index is 651. The number of ether oxygens (including phenoxy) is 1. The van der Waals surface area contributed by atoms with Crippen molar-refractivity contribution in [1.29, 1.82) is 0 Å². The van der Waals surface area contributed by atoms with E-state index < -0.39 is 11.7 Å². The number of nitrogens with zero attached hydrogens (tertiary/aromatic N) is 1. The van der Waals surface area contributed by atoms with Gasteiger partial charge in [-0.1, -0.05) is 24.3 Å². The molecule has 5 nitrogen and oxygen atoms in total. The Morgan fingerprint density at radius 2 is 1.92 bits per heavy atom. The quantitative estimate of drug-likeness (QED) is 0.828. The average molecular weight is 347 g/mol. The number of hydrogen-bond donors (Lipinski definition) is 2. The smallest absolute Gasteiger partial charge is 0.407 e. The Labute approximate surface area is 147 Å². The Balaban J connectivity index is 1.91. The molecular formula is C18H25N3O2S. The zero-order valence-electron chi connectivity index (χ0n) is 14.6. The van der Waals surface area contributed by atoms with Crippen molar-refractivity contribution in [2.75, 3.05) is 0 Å². The van der Waals surface area contributed by atoms with Crippen LogP contribution in [0.3, 0.4) is 0 Å². The number of hydrogen-bond acceptors (Lipinski definition) is 5. The highest BCUT2D eigenvalue weighted by Crippen LogP contribution is 2.18. The van der Waals surface area contributed by atoms with E-state index in [9.17, 15) is 4.79 Å². The molecule has 0 bridgehead atoms. The Morgan fingerprint density at radius 1 is 1.25 bits per heavy atom. The number of aromatic nitrogens is 1. The Hall–Kier alpha value is -1.92. The van der Waals surface area contributed by atoms with Gasteiger partial charge in [0.25, 0.3) is 0 Å². The van der Waals surface area contributed by atoms with Gasteiger partial charge in [-0.25, -0.2) is 4.79 Å². The van der Waals surface area contributed by atoms with Gasteiger partial charge in [0.05, 0.1) is 5.51 Å². The normalized spacial score (nSPS) is 12.7. The number of thiazole rings is 1. The predicted molar refractivity (Wildman–Crippen MR) is 96.9 cm³/mol. The maximum atomic E-state index is 11.8. The molecule has 0 spiro atoms. The van der Waals surface area contributed by atoms with Crippen LogP contribution in [0, 0.1) is 0 Å². The minimum absolute atomic E-state index is 0.240. The van der Waals surface area contributed by atoms with Crippen LogP contribution in [-0.2, 0) is 17.8 Å². The van der Waals surface area contributed by atoms with E-state index in [-0.39, 0.29) is 6.04 Å². The SMILES string of the molecule is CC(NCc1ccccc1CNC(=O)OC(C)(C)C)c1cncs1. The van der Waals surface area contributed by atoms with Crippen LogP contribution in [0.2, 0.25) is 0 Å². The Morgan fingerprint density at radius 3 is 2.50 bits per heavy atom. The van der Waals surface area contributed by atoms with Crippen LogP contribution >= 0.6 is 11.3 Å². The fraction of sp³-hybridized carbons (Fsp3) is 0.444. The molecule has 0 saturated heterocycles. The van der Waals surface area contributed by atoms with Gasteiger partial charge >= 0.3 is 6.09 Å². The van der Waals surface area contributed by atoms with Crippen LogP contribution in [0.4, 0.5) is 4.79 Å². The molecule has 1 aromatic carbocycles. The highest BCUT2D eigenvalue weighted by atomic mass is 32.1. The average Bonchev–Trinajstić information content (AvgIpc) is 3.04. The van der Waals surface area contributed by atoms with E-state index in [2.05, 4.69) is 28.6 Å². The minimum atomic E-state index is -0.491. The van der Waals surface area contributed by atoms with Crippen LogP contribution in [-0.4, -0.2) is 16.7 Å². The van der Waals surface area contributed by atoms with Crippen molar-refractivity contribution in [3.8, 4) is 0 Å². The van der Waals surface area contributed by atoms with Crippen LogP contribution < -0.4 is 10.6 Å². The van der Waals surface area contributed by atoms with E-state index in [4.69, 9.17) is 4.74 Å². The number of amides is 1. The van der Waals surface area contributed by atoms with Crippen molar-refractivity contribution in [1.82, 2.24) is 15.6 Å². The number of alkyl carbamates (subject to hydrolysis) is 1. The van der Waals surface area contributed by atoms with Crippen LogP contribution in [0.15, 0.2) is 36.0 Å². The number of rotatable bonds is 6. The monoisotopic (exact) mass is 347 g/mol. The maximum Gasteiger partial charge on any atom is 0.407 e. The molecule has 1 amide bonds. The molecule has 6 heteroatoms. The van der Waals surface area contributed by atoms with Gasteiger partial charge in [0, 0.05) is 30.2 Å². The topological polar surface area (TPSA) is 63.2 Å². The van der Waals surface area contributed by atoms with E-state index in [0.29, 0.717) is 6.54 Å². The summed E-state index contributed by atoms with van der Waals surface area (Å²) in [6.07, 6.45) is 1.49. The van der Waals surface area contributed by atoms with E-state index in [0.717, 1.165) is 17.7 Å². The third kappa shape index (κ3) is 5.94. The van der Waals surface area contributed by atoms with E-state index in [1.807, 2.05) is 50.7 Å². The zero-order valence-corrected chi connectivity index (χ0v) is 15.4. The van der Waals surface area contributed by atoms with Crippen molar-refractivity contribution in [3.63, 3.8) is 0 Å². The molecule has 0 aliphatic carbocycles. The van der Waals surface area contributed by atoms with Gasteiger partial charge in [-0.15, -0.1) is 11.3 Å². The molecule has 0 saturated carbocycles. The van der Waals surface area contributed by atoms with Crippen molar-refractivity contribution >= 4 is 17.4 Å². The highest BCUT2D eigenvalue weighted by Gasteiger charge is 2.16. The Kier molecular flexibility index (Phi) is 6.34. The number of nitrogens with one attached hydrogen (secondary N) is 2. The number of benzene rings is 1. The number of carbonyl (C=O) groups is 1. The van der Waals surface area contributed by atoms with Gasteiger partial charge in [0.15, 0.2) is 0 Å². The third-order valence-electron chi connectivity index (χ3n) is 3.42. The lowest BCUT2D eigenvalue weighted by atomic mass is 10.1. The molecule has 2 aromatic rings. The second-order valence-electron chi connectivity index (χ2n) is 6.63. The molecule has 2 rings (SSSR count). The van der Waals surface area contributed by atoms with Crippen LogP contribution in [0.25, 0.3) is 0 Å². The van der Waals surface area contributed by atoms with Gasteiger partial charge in [-0.2, -0.15) is 0 Å². The van der Waals surface area contributed by atoms with E-state index >= 15 is 0 Å². The summed E-state index contributed by atoms with van der Waals surface area (Å²) in [4.78, 5) is 17.1. The molecule has 130 valence electrons. The molecule has 24 heavy (non-hydrogen) atoms. The molecular weight excluding hydrogens is 322 g/mol. The lowest BCUT2D eigenvalue weighted by molar-refractivity contribution is 0.0523. The first kappa shape index (κ1) is 18.4. The maximum absolute atomic E-state index is 11.8. The second-order valence-corrected chi connectivity index (χ2v) is 7.55. The van der Waals surface area contributed by atoms with Gasteiger partial charge < -0.3 is 15.4 Å². The van der Waals surface area contributed by atoms with Gasteiger partial charge in [-0.3, -0.25) is 4.98 Å². The summed E-state index contributed by atoms with van der Waals surface area (Å²) in [5, 5.41) is 6.31. The third-order valence-corrected chi connectivity index (χ3v) is 4.38. The largest absolute Gasteiger partial charge is 0.444 e. The molecule has 1 atom stereocenters. The minimum Gasteiger partial charge on any atom is -0.444 e. The standard InChI is InChI=1S/C18H25N3O2S/c1-13(16-11-19-12-24-16)20-9-14-7-5-6-8-15(14)10-21-17(22)23-18(2,3)4/h5-8,11-13,20H,9-10H2,1-4H3,(H,21,22). The van der Waals surface area contributed by atoms with Crippen molar-refractivity contribution < 1.29 is 9.53 Å². The van der Waals surface area contributed by atoms with E-state index in [1.165, 1.54) is 4.88 Å². The van der Waals surface area contributed by atoms with Gasteiger partial charge in [-0.05, 0) is 38.8 Å². The van der Waals surface area contributed by atoms with Crippen molar-refractivity contribution in [3.05, 3.63) is 52.0 Å². The summed E-state index contributed by atoms with van der Waals surface area (Å²) < 4.78 is 5.28. The first-order valence-electron chi connectivity index (χ1n) is 8.00. The summed E-state index contributed by atoms with van der Waals surface area (Å²) in [7, 11) is 0. The molecule has 1 heterocycles. The zero-order chi connectivity index (χ0) is 17.6. The summed E-state index contributed by atoms with van der Waals surface area (Å²) in [6, 6.07) is 8.31. The van der Waals surface area contributed by atoms with E-state index in [1.54, 1.807) is 11.3 Å². The first-order valence-corrected chi connectivity index (χ1v) is 8.88. The predicted octanol–water partition coefficient (Wildman–Crippen LogP) is 4.02. The van der Waals surface area contributed by atoms with Crippen molar-refractivity contribution in [2.45, 2.75) is 52.4 Å². The summed E-state index contributed by atoms with van der Waals surface area (Å²) >= 11 is 1.64. The summed E-state index contributed by atoms with van der Waals surface area (Å²) in [5.74, 6) is 0. The molecule has 0 radical (unpaired) electrons. The fourth-order valence-corrected chi connectivity index (χ4v) is 2.84. The lowest BCUT2D eigenvalue weighted by Gasteiger charge is -2.20. The van der Waals surface area contributed by atoms with Gasteiger partial charge in [0.2, 0.25) is 0 Å². The fourth-order valence-electron chi connectivity index (χ4n) is 2.19. The molecule has 1 unspecified atom stereocenters. The van der Waals surface area contributed by atoms with Crippen LogP contribution in [0.5, 0.6) is 0 Å². The summed E-state index contributed by atoms with van der Waals surface area (Å²) in [5.41, 5.74) is 3.58. The van der Waals surface area contributed by atoms with Crippen LogP contribution in [0.1, 0.15) is 49.7 Å². The lowest BCUT2D eigenvalue weighted by Crippen LogP contribution is -2.32. The number of carbonyl (C=O) groups excluding carboxylic acids is 1. The van der Waals surface area contributed by atoms with Crippen molar-refractivity contribution in [2.24, 2.45) is 0 Å². The second kappa shape index (κ2) is 8.26. The molecule has 1 aromatic heterocycles. The molecule has 2 N–H and O–H groups in total.